The van der Waals surface area contributed by atoms with Gasteiger partial charge in [-0.25, -0.2) is 0 Å². The van der Waals surface area contributed by atoms with Crippen molar-refractivity contribution in [1.82, 2.24) is 4.90 Å². The molecule has 0 aliphatic heterocycles. The fraction of sp³-hybridized carbons (Fsp3) is 0.818. The number of nitrogens with zero attached hydrogens (tertiary/aromatic N) is 1. The lowest BCUT2D eigenvalue weighted by Gasteiger charge is -2.25. The zero-order valence-electron chi connectivity index (χ0n) is 9.95. The van der Waals surface area contributed by atoms with Gasteiger partial charge in [-0.05, 0) is 26.8 Å². The van der Waals surface area contributed by atoms with E-state index in [0.29, 0.717) is 25.8 Å². The van der Waals surface area contributed by atoms with Crippen molar-refractivity contribution < 1.29 is 9.59 Å². The molecule has 0 radical (unpaired) electrons. The lowest BCUT2D eigenvalue weighted by Crippen LogP contribution is -2.40. The second kappa shape index (κ2) is 7.40. The van der Waals surface area contributed by atoms with Gasteiger partial charge in [-0.1, -0.05) is 6.92 Å². The molecule has 0 aliphatic carbocycles. The Morgan fingerprint density at radius 3 is 2.33 bits per heavy atom. The molecule has 0 aromatic carbocycles. The molecule has 0 saturated carbocycles. The molecule has 2 N–H and O–H groups in total. The molecule has 0 saturated heterocycles. The SMILES string of the molecule is CCC(=O)N(CC(=O)CCCN)C(C)C. The first kappa shape index (κ1) is 14.1. The molecule has 0 aromatic rings. The van der Waals surface area contributed by atoms with Crippen molar-refractivity contribution in [3.63, 3.8) is 0 Å². The van der Waals surface area contributed by atoms with Crippen LogP contribution in [0.1, 0.15) is 40.0 Å². The van der Waals surface area contributed by atoms with Gasteiger partial charge in [-0.15, -0.1) is 0 Å². The van der Waals surface area contributed by atoms with Crippen molar-refractivity contribution in [3.05, 3.63) is 0 Å². The van der Waals surface area contributed by atoms with E-state index in [0.717, 1.165) is 0 Å². The number of amides is 1. The molecule has 15 heavy (non-hydrogen) atoms. The summed E-state index contributed by atoms with van der Waals surface area (Å²) in [4.78, 5) is 24.6. The molecular formula is C11H22N2O2. The molecule has 0 rings (SSSR count). The van der Waals surface area contributed by atoms with Crippen molar-refractivity contribution in [3.8, 4) is 0 Å². The molecular weight excluding hydrogens is 192 g/mol. The fourth-order valence-electron chi connectivity index (χ4n) is 1.33. The van der Waals surface area contributed by atoms with Gasteiger partial charge in [0.1, 0.15) is 0 Å². The number of nitrogens with two attached hydrogens (primary N) is 1. The Hall–Kier alpha value is -0.900. The average Bonchev–Trinajstić information content (AvgIpc) is 2.21. The summed E-state index contributed by atoms with van der Waals surface area (Å²) in [5.74, 6) is 0.127. The van der Waals surface area contributed by atoms with E-state index in [2.05, 4.69) is 0 Å². The molecule has 4 heteroatoms. The van der Waals surface area contributed by atoms with E-state index in [4.69, 9.17) is 5.73 Å². The van der Waals surface area contributed by atoms with Crippen LogP contribution in [0.4, 0.5) is 0 Å². The van der Waals surface area contributed by atoms with Crippen molar-refractivity contribution in [2.24, 2.45) is 5.73 Å². The van der Waals surface area contributed by atoms with E-state index in [-0.39, 0.29) is 24.3 Å². The molecule has 0 fully saturated rings. The van der Waals surface area contributed by atoms with Gasteiger partial charge < -0.3 is 10.6 Å². The summed E-state index contributed by atoms with van der Waals surface area (Å²) >= 11 is 0. The topological polar surface area (TPSA) is 63.4 Å². The lowest BCUT2D eigenvalue weighted by atomic mass is 10.2. The second-order valence-corrected chi connectivity index (χ2v) is 3.90. The minimum Gasteiger partial charge on any atom is -0.333 e. The molecule has 1 amide bonds. The van der Waals surface area contributed by atoms with E-state index >= 15 is 0 Å². The molecule has 0 aliphatic rings. The number of Topliss-reactive ketones (excluding diaryl/α,β-unsaturated/α-hetero) is 1. The molecule has 0 bridgehead atoms. The Bertz CT molecular complexity index is 215. The van der Waals surface area contributed by atoms with Gasteiger partial charge in [0.15, 0.2) is 5.78 Å². The van der Waals surface area contributed by atoms with Gasteiger partial charge in [0.05, 0.1) is 6.54 Å². The van der Waals surface area contributed by atoms with E-state index < -0.39 is 0 Å². The van der Waals surface area contributed by atoms with Gasteiger partial charge >= 0.3 is 0 Å². The van der Waals surface area contributed by atoms with Crippen molar-refractivity contribution in [1.29, 1.82) is 0 Å². The predicted octanol–water partition coefficient (Wildman–Crippen LogP) is 0.941. The van der Waals surface area contributed by atoms with E-state index in [9.17, 15) is 9.59 Å². The summed E-state index contributed by atoms with van der Waals surface area (Å²) in [6, 6.07) is 0.0827. The standard InChI is InChI=1S/C11H22N2O2/c1-4-11(15)13(9(2)3)8-10(14)6-5-7-12/h9H,4-8,12H2,1-3H3. The number of carbonyl (C=O) groups excluding carboxylic acids is 2. The molecule has 0 heterocycles. The second-order valence-electron chi connectivity index (χ2n) is 3.90. The normalized spacial score (nSPS) is 10.5. The van der Waals surface area contributed by atoms with E-state index in [1.165, 1.54) is 0 Å². The van der Waals surface area contributed by atoms with Gasteiger partial charge in [0.2, 0.25) is 5.91 Å². The summed E-state index contributed by atoms with van der Waals surface area (Å²) in [5, 5.41) is 0. The van der Waals surface area contributed by atoms with Crippen molar-refractivity contribution in [2.45, 2.75) is 46.1 Å². The van der Waals surface area contributed by atoms with Crippen LogP contribution in [0.2, 0.25) is 0 Å². The minimum atomic E-state index is 0.0334. The summed E-state index contributed by atoms with van der Waals surface area (Å²) in [6.07, 6.45) is 1.62. The Morgan fingerprint density at radius 1 is 1.33 bits per heavy atom. The van der Waals surface area contributed by atoms with Crippen LogP contribution in [0.3, 0.4) is 0 Å². The Morgan fingerprint density at radius 2 is 1.93 bits per heavy atom. The van der Waals surface area contributed by atoms with Crippen molar-refractivity contribution >= 4 is 11.7 Å². The maximum absolute atomic E-state index is 11.5. The lowest BCUT2D eigenvalue weighted by molar-refractivity contribution is -0.136. The van der Waals surface area contributed by atoms with Crippen LogP contribution in [0.15, 0.2) is 0 Å². The number of ketones is 1. The summed E-state index contributed by atoms with van der Waals surface area (Å²) < 4.78 is 0. The monoisotopic (exact) mass is 214 g/mol. The van der Waals surface area contributed by atoms with Crippen LogP contribution in [0.5, 0.6) is 0 Å². The zero-order chi connectivity index (χ0) is 11.8. The Kier molecular flexibility index (Phi) is 6.96. The van der Waals surface area contributed by atoms with Crippen LogP contribution in [-0.4, -0.2) is 35.7 Å². The first-order valence-corrected chi connectivity index (χ1v) is 5.54. The highest BCUT2D eigenvalue weighted by molar-refractivity contribution is 5.86. The maximum atomic E-state index is 11.5. The largest absolute Gasteiger partial charge is 0.333 e. The Balaban J connectivity index is 4.17. The van der Waals surface area contributed by atoms with Gasteiger partial charge in [-0.3, -0.25) is 9.59 Å². The summed E-state index contributed by atoms with van der Waals surface area (Å²) in [7, 11) is 0. The first-order chi connectivity index (χ1) is 7.02. The fourth-order valence-corrected chi connectivity index (χ4v) is 1.33. The van der Waals surface area contributed by atoms with Crippen LogP contribution in [0, 0.1) is 0 Å². The Labute approximate surface area is 91.8 Å². The summed E-state index contributed by atoms with van der Waals surface area (Å²) in [6.45, 7) is 6.40. The highest BCUT2D eigenvalue weighted by atomic mass is 16.2. The molecule has 0 spiro atoms. The highest BCUT2D eigenvalue weighted by Crippen LogP contribution is 2.03. The molecule has 88 valence electrons. The van der Waals surface area contributed by atoms with Gasteiger partial charge in [0.25, 0.3) is 0 Å². The minimum absolute atomic E-state index is 0.0334. The number of hydrogen-bond acceptors (Lipinski definition) is 3. The van der Waals surface area contributed by atoms with Gasteiger partial charge in [-0.2, -0.15) is 0 Å². The predicted molar refractivity (Wildman–Crippen MR) is 60.4 cm³/mol. The smallest absolute Gasteiger partial charge is 0.222 e. The molecule has 0 atom stereocenters. The first-order valence-electron chi connectivity index (χ1n) is 5.54. The van der Waals surface area contributed by atoms with Crippen molar-refractivity contribution in [2.75, 3.05) is 13.1 Å². The average molecular weight is 214 g/mol. The number of rotatable bonds is 7. The zero-order valence-corrected chi connectivity index (χ0v) is 9.95. The number of carbonyl (C=O) groups is 2. The third-order valence-corrected chi connectivity index (χ3v) is 2.25. The quantitative estimate of drug-likeness (QED) is 0.686. The molecule has 4 nitrogen and oxygen atoms in total. The van der Waals surface area contributed by atoms with Crippen LogP contribution in [0.25, 0.3) is 0 Å². The maximum Gasteiger partial charge on any atom is 0.222 e. The third-order valence-electron chi connectivity index (χ3n) is 2.25. The van der Waals surface area contributed by atoms with Crippen LogP contribution >= 0.6 is 0 Å². The van der Waals surface area contributed by atoms with Crippen LogP contribution < -0.4 is 5.73 Å². The van der Waals surface area contributed by atoms with E-state index in [1.54, 1.807) is 4.90 Å². The third kappa shape index (κ3) is 5.52. The number of hydrogen-bond donors (Lipinski definition) is 1. The highest BCUT2D eigenvalue weighted by Gasteiger charge is 2.17. The van der Waals surface area contributed by atoms with Crippen LogP contribution in [-0.2, 0) is 9.59 Å². The van der Waals surface area contributed by atoms with Gasteiger partial charge in [0, 0.05) is 18.9 Å². The molecule has 0 aromatic heterocycles. The van der Waals surface area contributed by atoms with E-state index in [1.807, 2.05) is 20.8 Å². The summed E-state index contributed by atoms with van der Waals surface area (Å²) in [5.41, 5.74) is 5.32. The molecule has 0 unspecified atom stereocenters.